The van der Waals surface area contributed by atoms with Crippen molar-refractivity contribution in [3.8, 4) is 111 Å². The summed E-state index contributed by atoms with van der Waals surface area (Å²) >= 11 is 0. The lowest BCUT2D eigenvalue weighted by Crippen LogP contribution is -1.81. The smallest absolute Gasteiger partial charge is 0.0181 e. The molecule has 0 saturated heterocycles. The summed E-state index contributed by atoms with van der Waals surface area (Å²) in [6.07, 6.45) is 0. The quantitative estimate of drug-likeness (QED) is 0.128. The van der Waals surface area contributed by atoms with E-state index in [4.69, 9.17) is 0 Å². The topological polar surface area (TPSA) is 0 Å². The molecule has 0 bridgehead atoms. The Bertz CT molecular complexity index is 6260. The average molecular weight is 1720 g/mol. The summed E-state index contributed by atoms with van der Waals surface area (Å²) in [5, 5.41) is 0. The molecule has 19 aromatic carbocycles. The molecule has 0 aliphatic carbocycles. The molecule has 132 heavy (non-hydrogen) atoms. The van der Waals surface area contributed by atoms with E-state index in [1.165, 1.54) is 211 Å². The van der Waals surface area contributed by atoms with Crippen LogP contribution in [0, 0.1) is 125 Å². The first-order valence-electron chi connectivity index (χ1n) is 46.1. The summed E-state index contributed by atoms with van der Waals surface area (Å²) in [4.78, 5) is 0. The second-order valence-electron chi connectivity index (χ2n) is 35.2. The number of benzene rings is 19. The van der Waals surface area contributed by atoms with Gasteiger partial charge >= 0.3 is 0 Å². The zero-order chi connectivity index (χ0) is 93.7. The Hall–Kier alpha value is -14.8. The third kappa shape index (κ3) is 32.4. The summed E-state index contributed by atoms with van der Waals surface area (Å²) in [7, 11) is 0. The minimum atomic E-state index is 1.26. The average Bonchev–Trinajstić information content (AvgIpc) is 0.837. The Labute approximate surface area is 791 Å². The van der Waals surface area contributed by atoms with Crippen LogP contribution in [-0.4, -0.2) is 0 Å². The molecule has 0 N–H and O–H groups in total. The summed E-state index contributed by atoms with van der Waals surface area (Å²) in [6, 6.07) is 164. The van der Waals surface area contributed by atoms with Crippen molar-refractivity contribution in [2.75, 3.05) is 0 Å². The van der Waals surface area contributed by atoms with E-state index in [2.05, 4.69) is 586 Å². The van der Waals surface area contributed by atoms with E-state index in [0.29, 0.717) is 0 Å². The fourth-order valence-electron chi connectivity index (χ4n) is 14.9. The van der Waals surface area contributed by atoms with E-state index in [1.54, 1.807) is 0 Å². The normalized spacial score (nSPS) is 10.2. The van der Waals surface area contributed by atoms with Gasteiger partial charge in [0.05, 0.1) is 0 Å². The molecule has 0 unspecified atom stereocenters. The molecule has 0 radical (unpaired) electrons. The minimum absolute atomic E-state index is 1.26. The van der Waals surface area contributed by atoms with Gasteiger partial charge in [-0.2, -0.15) is 0 Å². The van der Waals surface area contributed by atoms with E-state index >= 15 is 0 Å². The monoisotopic (exact) mass is 1720 g/mol. The van der Waals surface area contributed by atoms with Crippen LogP contribution >= 0.6 is 0 Å². The van der Waals surface area contributed by atoms with Crippen LogP contribution in [0.5, 0.6) is 0 Å². The Kier molecular flexibility index (Phi) is 37.2. The Balaban J connectivity index is 0.000000145. The molecular weight excluding hydrogens is 1590 g/mol. The summed E-state index contributed by atoms with van der Waals surface area (Å²) in [5.41, 5.74) is 49.2. The van der Waals surface area contributed by atoms with Gasteiger partial charge in [-0.05, 0) is 236 Å². The molecule has 0 spiro atoms. The van der Waals surface area contributed by atoms with Crippen LogP contribution in [0.3, 0.4) is 0 Å². The van der Waals surface area contributed by atoms with E-state index < -0.39 is 0 Å². The largest absolute Gasteiger partial charge is 0.0617 e. The van der Waals surface area contributed by atoms with Gasteiger partial charge in [0.2, 0.25) is 0 Å². The molecule has 658 valence electrons. The van der Waals surface area contributed by atoms with Crippen LogP contribution < -0.4 is 0 Å². The molecule has 0 amide bonds. The van der Waals surface area contributed by atoms with Crippen molar-refractivity contribution in [3.05, 3.63) is 561 Å². The first-order chi connectivity index (χ1) is 63.8. The number of rotatable bonds is 10. The van der Waals surface area contributed by atoms with Crippen molar-refractivity contribution < 1.29 is 0 Å². The molecule has 0 fully saturated rings. The number of hydrogen-bond acceptors (Lipinski definition) is 0. The molecule has 0 atom stereocenters. The second-order valence-corrected chi connectivity index (χ2v) is 35.2. The van der Waals surface area contributed by atoms with Crippen molar-refractivity contribution >= 4 is 0 Å². The van der Waals surface area contributed by atoms with Gasteiger partial charge in [-0.15, -0.1) is 0 Å². The Morgan fingerprint density at radius 2 is 0.152 bits per heavy atom. The lowest BCUT2D eigenvalue weighted by atomic mass is 9.99. The lowest BCUT2D eigenvalue weighted by Gasteiger charge is -2.06. The maximum atomic E-state index is 2.22. The first kappa shape index (κ1) is 97.8. The van der Waals surface area contributed by atoms with Gasteiger partial charge in [0.1, 0.15) is 0 Å². The molecule has 0 aromatic heterocycles. The fourth-order valence-corrected chi connectivity index (χ4v) is 14.9. The maximum Gasteiger partial charge on any atom is -0.0181 e. The minimum Gasteiger partial charge on any atom is -0.0617 e. The molecule has 19 rings (SSSR count). The molecule has 0 heterocycles. The SMILES string of the molecule is Cc1ccc(-c2ccc(-c3ccc(C)cc3)cc2)cc1.Cc1ccc(-c2ccc(-c3cccc(C)c3)cc2)cc1.Cc1ccc(-c2ccc(-c3cccc(C)c3)cc2)cc1.Cc1ccc(-c2ccc(C)cc2)cc1.Cc1ccc(-c2cccc(C)c2)cc1.Cc1ccc(-c2cccc(C)c2)cc1.Cc1ccc(C)cc1.Cc1cccc(-c2cccc(C)c2)c1.Cc1cccc(C)c1. The Morgan fingerprint density at radius 1 is 0.0682 bits per heavy atom. The molecule has 0 aliphatic heterocycles. The van der Waals surface area contributed by atoms with Crippen LogP contribution in [0.1, 0.15) is 100 Å². The van der Waals surface area contributed by atoms with Gasteiger partial charge < -0.3 is 0 Å². The second kappa shape index (κ2) is 50.2. The van der Waals surface area contributed by atoms with Gasteiger partial charge in [-0.25, -0.2) is 0 Å². The van der Waals surface area contributed by atoms with Crippen molar-refractivity contribution in [2.24, 2.45) is 0 Å². The third-order valence-electron chi connectivity index (χ3n) is 22.9. The van der Waals surface area contributed by atoms with Gasteiger partial charge in [0, 0.05) is 0 Å². The lowest BCUT2D eigenvalue weighted by molar-refractivity contribution is 1.39. The molecule has 0 heteroatoms. The predicted molar refractivity (Wildman–Crippen MR) is 578 cm³/mol. The third-order valence-corrected chi connectivity index (χ3v) is 22.9. The van der Waals surface area contributed by atoms with Crippen LogP contribution in [-0.2, 0) is 0 Å². The highest BCUT2D eigenvalue weighted by molar-refractivity contribution is 5.75. The van der Waals surface area contributed by atoms with Crippen LogP contribution in [0.15, 0.2) is 461 Å². The zero-order valence-corrected chi connectivity index (χ0v) is 80.9. The van der Waals surface area contributed by atoms with Gasteiger partial charge in [-0.1, -0.05) is 561 Å². The van der Waals surface area contributed by atoms with E-state index in [1.807, 2.05) is 0 Å². The van der Waals surface area contributed by atoms with E-state index in [0.717, 1.165) is 0 Å². The van der Waals surface area contributed by atoms with Crippen LogP contribution in [0.25, 0.3) is 111 Å². The van der Waals surface area contributed by atoms with E-state index in [9.17, 15) is 0 Å². The van der Waals surface area contributed by atoms with Crippen molar-refractivity contribution in [3.63, 3.8) is 0 Å². The summed E-state index contributed by atoms with van der Waals surface area (Å²) < 4.78 is 0. The van der Waals surface area contributed by atoms with Gasteiger partial charge in [-0.3, -0.25) is 0 Å². The van der Waals surface area contributed by atoms with Gasteiger partial charge in [0.25, 0.3) is 0 Å². The molecule has 19 aromatic rings. The highest BCUT2D eigenvalue weighted by Crippen LogP contribution is 2.32. The highest BCUT2D eigenvalue weighted by atomic mass is 14.1. The molecule has 0 nitrogen and oxygen atoms in total. The standard InChI is InChI=1S/3C20H18.4C14H14.2C8H10/c1-15-3-7-17(8-4-15)19-11-13-20(14-12-19)18-9-5-16(2)6-10-18;2*1-15-6-8-17(9-7-15)18-10-12-19(13-11-18)20-5-3-4-16(2)14-20;1-11-3-7-13(8-4-11)14-9-5-12(2)6-10-14;1-11-5-3-7-13(9-11)14-8-4-6-12(2)10-14;2*1-11-6-8-13(9-7-11)14-5-3-4-12(2)10-14;1-7-3-5-8(2)6-4-7;1-7-4-3-5-8(2)6-7/h3*3-14H,1-2H3;4*3-10H,1-2H3;2*3-6H,1-2H3. The number of aryl methyl sites for hydroxylation is 18. The van der Waals surface area contributed by atoms with Crippen molar-refractivity contribution in [1.29, 1.82) is 0 Å². The first-order valence-corrected chi connectivity index (χ1v) is 46.1. The Morgan fingerprint density at radius 3 is 0.258 bits per heavy atom. The zero-order valence-electron chi connectivity index (χ0n) is 80.9. The summed E-state index contributed by atoms with van der Waals surface area (Å²) in [6.45, 7) is 38.1. The molecule has 0 aliphatic rings. The predicted octanol–water partition coefficient (Wildman–Crippen LogP) is 37.4. The maximum absolute atomic E-state index is 2.22. The molecular formula is C132H130. The fraction of sp³-hybridized carbons (Fsp3) is 0.136. The highest BCUT2D eigenvalue weighted by Gasteiger charge is 2.07. The van der Waals surface area contributed by atoms with Crippen LogP contribution in [0.2, 0.25) is 0 Å². The van der Waals surface area contributed by atoms with Crippen molar-refractivity contribution in [2.45, 2.75) is 125 Å². The summed E-state index contributed by atoms with van der Waals surface area (Å²) in [5.74, 6) is 0. The van der Waals surface area contributed by atoms with Crippen molar-refractivity contribution in [1.82, 2.24) is 0 Å². The van der Waals surface area contributed by atoms with Crippen LogP contribution in [0.4, 0.5) is 0 Å². The van der Waals surface area contributed by atoms with E-state index in [-0.39, 0.29) is 0 Å². The molecule has 0 saturated carbocycles. The number of hydrogen-bond donors (Lipinski definition) is 0. The van der Waals surface area contributed by atoms with Gasteiger partial charge in [0.15, 0.2) is 0 Å².